The molecule has 0 radical (unpaired) electrons. The van der Waals surface area contributed by atoms with E-state index in [9.17, 15) is 0 Å². The number of rotatable bonds is 8. The summed E-state index contributed by atoms with van der Waals surface area (Å²) >= 11 is 9.90. The zero-order valence-corrected chi connectivity index (χ0v) is 19.9. The second kappa shape index (κ2) is 8.71. The summed E-state index contributed by atoms with van der Waals surface area (Å²) in [6, 6.07) is 15.7. The average molecular weight is 514 g/mol. The summed E-state index contributed by atoms with van der Waals surface area (Å²) < 4.78 is 11.9. The van der Waals surface area contributed by atoms with E-state index < -0.39 is 0 Å². The molecule has 164 valence electrons. The summed E-state index contributed by atoms with van der Waals surface area (Å²) in [5.74, 6) is 2.54. The molecule has 32 heavy (non-hydrogen) atoms. The number of ether oxygens (including phenoxy) is 2. The van der Waals surface area contributed by atoms with Crippen molar-refractivity contribution in [2.24, 2.45) is 0 Å². The smallest absolute Gasteiger partial charge is 0.244 e. The Balaban J connectivity index is 1.53. The van der Waals surface area contributed by atoms with E-state index in [1.807, 2.05) is 30.3 Å². The van der Waals surface area contributed by atoms with Crippen LogP contribution >= 0.6 is 27.5 Å². The Morgan fingerprint density at radius 2 is 1.91 bits per heavy atom. The topological polar surface area (TPSA) is 72.9 Å². The Hall–Kier alpha value is -2.64. The van der Waals surface area contributed by atoms with E-state index in [2.05, 4.69) is 40.0 Å². The fourth-order valence-corrected chi connectivity index (χ4v) is 3.84. The number of nitrogens with one attached hydrogen (secondary N) is 1. The third-order valence-electron chi connectivity index (χ3n) is 5.41. The first-order valence-electron chi connectivity index (χ1n) is 10.5. The first-order valence-corrected chi connectivity index (χ1v) is 12.0. The van der Waals surface area contributed by atoms with Gasteiger partial charge < -0.3 is 14.5 Å². The number of nitrogens with zero attached hydrogens (tertiary/aromatic N) is 3. The van der Waals surface area contributed by atoms with Crippen molar-refractivity contribution in [1.82, 2.24) is 19.9 Å². The lowest BCUT2D eigenvalue weighted by molar-refractivity contribution is 0.193. The molecule has 6 nitrogen and oxygen atoms in total. The van der Waals surface area contributed by atoms with E-state index in [1.165, 1.54) is 0 Å². The minimum absolute atomic E-state index is 0.178. The monoisotopic (exact) mass is 512 g/mol. The normalized spacial score (nSPS) is 14.5. The van der Waals surface area contributed by atoms with Gasteiger partial charge in [0, 0.05) is 17.3 Å². The Morgan fingerprint density at radius 1 is 1.09 bits per heavy atom. The lowest BCUT2D eigenvalue weighted by Crippen LogP contribution is -2.14. The summed E-state index contributed by atoms with van der Waals surface area (Å²) in [7, 11) is 0. The van der Waals surface area contributed by atoms with E-state index >= 15 is 0 Å². The molecule has 8 heteroatoms. The first kappa shape index (κ1) is 21.2. The van der Waals surface area contributed by atoms with Gasteiger partial charge in [-0.15, -0.1) is 0 Å². The van der Waals surface area contributed by atoms with Gasteiger partial charge in [0.05, 0.1) is 11.6 Å². The molecule has 1 N–H and O–H groups in total. The van der Waals surface area contributed by atoms with Gasteiger partial charge in [-0.25, -0.2) is 9.97 Å². The van der Waals surface area contributed by atoms with Gasteiger partial charge in [0.15, 0.2) is 5.65 Å². The van der Waals surface area contributed by atoms with Crippen LogP contribution in [0.3, 0.4) is 0 Å². The number of hydrogen-bond acceptors (Lipinski definition) is 5. The van der Waals surface area contributed by atoms with Crippen molar-refractivity contribution in [3.05, 3.63) is 64.9 Å². The quantitative estimate of drug-likeness (QED) is 0.294. The fraction of sp³-hybridized carbons (Fsp3) is 0.292. The molecule has 2 aromatic heterocycles. The Labute approximate surface area is 199 Å². The summed E-state index contributed by atoms with van der Waals surface area (Å²) in [6.07, 6.45) is 2.62. The minimum atomic E-state index is -0.178. The molecule has 5 rings (SSSR count). The van der Waals surface area contributed by atoms with Crippen LogP contribution in [0.4, 0.5) is 0 Å². The SMILES string of the molecule is CC1(Oc2nc(Cc3ccccc3)nc3nc(-c4ccc(OCCBr)cc4Cl)[nH]c23)CC1. The largest absolute Gasteiger partial charge is 0.493 e. The van der Waals surface area contributed by atoms with Crippen LogP contribution in [0.25, 0.3) is 22.6 Å². The number of fused-ring (bicyclic) bond motifs is 1. The predicted octanol–water partition coefficient (Wildman–Crippen LogP) is 5.97. The van der Waals surface area contributed by atoms with Crippen molar-refractivity contribution in [2.75, 3.05) is 11.9 Å². The van der Waals surface area contributed by atoms with Crippen molar-refractivity contribution >= 4 is 38.7 Å². The number of aromatic nitrogens is 4. The zero-order valence-electron chi connectivity index (χ0n) is 17.6. The van der Waals surface area contributed by atoms with Crippen molar-refractivity contribution in [3.8, 4) is 23.0 Å². The van der Waals surface area contributed by atoms with Crippen LogP contribution in [-0.4, -0.2) is 37.5 Å². The third-order valence-corrected chi connectivity index (χ3v) is 6.04. The van der Waals surface area contributed by atoms with Gasteiger partial charge in [-0.05, 0) is 43.5 Å². The van der Waals surface area contributed by atoms with Gasteiger partial charge in [-0.2, -0.15) is 4.98 Å². The zero-order chi connectivity index (χ0) is 22.1. The van der Waals surface area contributed by atoms with Gasteiger partial charge >= 0.3 is 0 Å². The predicted molar refractivity (Wildman–Crippen MR) is 129 cm³/mol. The molecule has 0 saturated heterocycles. The van der Waals surface area contributed by atoms with E-state index in [0.29, 0.717) is 52.5 Å². The lowest BCUT2D eigenvalue weighted by atomic mass is 10.1. The Morgan fingerprint density at radius 3 is 2.62 bits per heavy atom. The van der Waals surface area contributed by atoms with Crippen molar-refractivity contribution in [1.29, 1.82) is 0 Å². The Bertz CT molecular complexity index is 1260. The van der Waals surface area contributed by atoms with Crippen LogP contribution in [0.5, 0.6) is 11.6 Å². The first-order chi connectivity index (χ1) is 15.5. The maximum Gasteiger partial charge on any atom is 0.244 e. The van der Waals surface area contributed by atoms with Gasteiger partial charge in [0.1, 0.15) is 28.5 Å². The highest BCUT2D eigenvalue weighted by molar-refractivity contribution is 9.09. The number of halogens is 2. The molecule has 0 spiro atoms. The number of hydrogen-bond donors (Lipinski definition) is 1. The maximum atomic E-state index is 6.55. The standard InChI is InChI=1S/C24H22BrClN4O2/c1-24(9-10-24)32-23-20-22(27-19(28-23)13-15-5-3-2-4-6-15)30-21(29-20)17-8-7-16(14-18(17)26)31-12-11-25/h2-8,14H,9-13H2,1H3,(H,27,28,29,30). The van der Waals surface area contributed by atoms with Crippen molar-refractivity contribution in [3.63, 3.8) is 0 Å². The number of H-pyrrole nitrogens is 1. The van der Waals surface area contributed by atoms with Gasteiger partial charge in [0.2, 0.25) is 5.88 Å². The third kappa shape index (κ3) is 4.59. The molecule has 0 atom stereocenters. The molecule has 0 bridgehead atoms. The van der Waals surface area contributed by atoms with Gasteiger partial charge in [-0.3, -0.25) is 0 Å². The molecule has 1 aliphatic carbocycles. The van der Waals surface area contributed by atoms with Crippen LogP contribution < -0.4 is 9.47 Å². The highest BCUT2D eigenvalue weighted by atomic mass is 79.9. The maximum absolute atomic E-state index is 6.55. The second-order valence-corrected chi connectivity index (χ2v) is 9.32. The molecule has 2 aromatic carbocycles. The summed E-state index contributed by atoms with van der Waals surface area (Å²) in [5, 5.41) is 1.30. The molecule has 1 fully saturated rings. The number of imidazole rings is 1. The van der Waals surface area contributed by atoms with Crippen LogP contribution in [0.15, 0.2) is 48.5 Å². The number of aromatic amines is 1. The van der Waals surface area contributed by atoms with Crippen LogP contribution in [0.1, 0.15) is 31.2 Å². The summed E-state index contributed by atoms with van der Waals surface area (Å²) in [4.78, 5) is 17.5. The fourth-order valence-electron chi connectivity index (χ4n) is 3.42. The highest BCUT2D eigenvalue weighted by Gasteiger charge is 2.41. The second-order valence-electron chi connectivity index (χ2n) is 8.12. The Kier molecular flexibility index (Phi) is 5.78. The summed E-state index contributed by atoms with van der Waals surface area (Å²) in [5.41, 5.74) is 2.97. The average Bonchev–Trinajstić information content (AvgIpc) is 3.35. The molecular weight excluding hydrogens is 492 g/mol. The van der Waals surface area contributed by atoms with E-state index in [4.69, 9.17) is 36.0 Å². The van der Waals surface area contributed by atoms with Crippen LogP contribution in [0, 0.1) is 0 Å². The van der Waals surface area contributed by atoms with Gasteiger partial charge in [-0.1, -0.05) is 57.9 Å². The molecule has 1 saturated carbocycles. The molecule has 0 amide bonds. The minimum Gasteiger partial charge on any atom is -0.493 e. The molecule has 4 aromatic rings. The molecular formula is C24H22BrClN4O2. The number of alkyl halides is 1. The summed E-state index contributed by atoms with van der Waals surface area (Å²) in [6.45, 7) is 2.66. The molecule has 1 aliphatic rings. The molecule has 0 unspecified atom stereocenters. The van der Waals surface area contributed by atoms with Crippen molar-refractivity contribution < 1.29 is 9.47 Å². The van der Waals surface area contributed by atoms with E-state index in [0.717, 1.165) is 29.3 Å². The van der Waals surface area contributed by atoms with Gasteiger partial charge in [0.25, 0.3) is 0 Å². The molecule has 0 aliphatic heterocycles. The highest BCUT2D eigenvalue weighted by Crippen LogP contribution is 2.41. The number of benzene rings is 2. The van der Waals surface area contributed by atoms with Crippen LogP contribution in [0.2, 0.25) is 5.02 Å². The van der Waals surface area contributed by atoms with E-state index in [-0.39, 0.29) is 5.60 Å². The van der Waals surface area contributed by atoms with Crippen LogP contribution in [-0.2, 0) is 6.42 Å². The lowest BCUT2D eigenvalue weighted by Gasteiger charge is -2.13. The van der Waals surface area contributed by atoms with Crippen molar-refractivity contribution in [2.45, 2.75) is 31.8 Å². The molecule has 2 heterocycles. The van der Waals surface area contributed by atoms with E-state index in [1.54, 1.807) is 6.07 Å².